The summed E-state index contributed by atoms with van der Waals surface area (Å²) >= 11 is 1.59. The fourth-order valence-electron chi connectivity index (χ4n) is 5.64. The Morgan fingerprint density at radius 3 is 2.78 bits per heavy atom. The smallest absolute Gasteiger partial charge is 0.229 e. The standard InChI is InChI=1S/C33H39N5O2S/c1-4-38(5-2)33(40)26-11-7-15-37(22-26)21-25-10-6-9-24(18-25)13-14-29-28-20-30(23(3)17-31(28)36-35-29)34-32(39)19-27-12-8-16-41-27/h6,8-10,12-14,16-18,20,26H,4-5,7,11,15,19,21-22H2,1-3H3,(H,34,39)(H,35,36). The minimum atomic E-state index is -0.0234. The van der Waals surface area contributed by atoms with E-state index in [4.69, 9.17) is 0 Å². The van der Waals surface area contributed by atoms with E-state index < -0.39 is 0 Å². The minimum Gasteiger partial charge on any atom is -0.343 e. The van der Waals surface area contributed by atoms with Gasteiger partial charge in [0.2, 0.25) is 11.8 Å². The van der Waals surface area contributed by atoms with Crippen LogP contribution in [-0.2, 0) is 22.6 Å². The van der Waals surface area contributed by atoms with E-state index in [1.54, 1.807) is 11.3 Å². The fraction of sp³-hybridized carbons (Fsp3) is 0.364. The number of likely N-dealkylation sites (tertiary alicyclic amines) is 1. The Morgan fingerprint density at radius 1 is 1.15 bits per heavy atom. The Kier molecular flexibility index (Phi) is 9.31. The maximum absolute atomic E-state index is 12.9. The van der Waals surface area contributed by atoms with Gasteiger partial charge in [0.05, 0.1) is 23.5 Å². The van der Waals surface area contributed by atoms with Crippen LogP contribution in [-0.4, -0.2) is 58.0 Å². The van der Waals surface area contributed by atoms with Crippen LogP contribution in [0.1, 0.15) is 54.0 Å². The fourth-order valence-corrected chi connectivity index (χ4v) is 6.35. The van der Waals surface area contributed by atoms with E-state index in [1.165, 1.54) is 5.56 Å². The van der Waals surface area contributed by atoms with Gasteiger partial charge in [-0.3, -0.25) is 19.6 Å². The Hall–Kier alpha value is -3.75. The molecule has 1 atom stereocenters. The molecule has 8 heteroatoms. The third-order valence-electron chi connectivity index (χ3n) is 7.85. The lowest BCUT2D eigenvalue weighted by Crippen LogP contribution is -2.44. The lowest BCUT2D eigenvalue weighted by Gasteiger charge is -2.34. The second-order valence-electron chi connectivity index (χ2n) is 10.8. The van der Waals surface area contributed by atoms with Gasteiger partial charge >= 0.3 is 0 Å². The highest BCUT2D eigenvalue weighted by Crippen LogP contribution is 2.27. The lowest BCUT2D eigenvalue weighted by atomic mass is 9.96. The van der Waals surface area contributed by atoms with Gasteiger partial charge in [-0.25, -0.2) is 0 Å². The molecular formula is C33H39N5O2S. The maximum atomic E-state index is 12.9. The molecule has 0 bridgehead atoms. The van der Waals surface area contributed by atoms with Crippen molar-refractivity contribution in [3.05, 3.63) is 81.2 Å². The molecule has 2 amide bonds. The highest BCUT2D eigenvalue weighted by Gasteiger charge is 2.28. The summed E-state index contributed by atoms with van der Waals surface area (Å²) < 4.78 is 0. The van der Waals surface area contributed by atoms with Crippen molar-refractivity contribution in [3.63, 3.8) is 0 Å². The third kappa shape index (κ3) is 7.13. The van der Waals surface area contributed by atoms with E-state index in [-0.39, 0.29) is 11.8 Å². The van der Waals surface area contributed by atoms with Gasteiger partial charge in [0.25, 0.3) is 0 Å². The van der Waals surface area contributed by atoms with E-state index in [1.807, 2.05) is 47.5 Å². The first-order valence-corrected chi connectivity index (χ1v) is 15.4. The van der Waals surface area contributed by atoms with Crippen molar-refractivity contribution in [2.24, 2.45) is 5.92 Å². The van der Waals surface area contributed by atoms with Gasteiger partial charge < -0.3 is 10.2 Å². The first-order chi connectivity index (χ1) is 19.9. The number of H-pyrrole nitrogens is 1. The van der Waals surface area contributed by atoms with Crippen molar-refractivity contribution in [1.29, 1.82) is 0 Å². The second kappa shape index (κ2) is 13.3. The van der Waals surface area contributed by atoms with Crippen molar-refractivity contribution in [3.8, 4) is 0 Å². The Labute approximate surface area is 246 Å². The van der Waals surface area contributed by atoms with Crippen molar-refractivity contribution in [2.45, 2.75) is 46.6 Å². The average Bonchev–Trinajstić information content (AvgIpc) is 3.62. The number of fused-ring (bicyclic) bond motifs is 1. The number of aromatic amines is 1. The minimum absolute atomic E-state index is 0.0234. The molecular weight excluding hydrogens is 530 g/mol. The number of amides is 2. The lowest BCUT2D eigenvalue weighted by molar-refractivity contribution is -0.137. The zero-order chi connectivity index (χ0) is 28.8. The number of carbonyl (C=O) groups excluding carboxylic acids is 2. The van der Waals surface area contributed by atoms with Gasteiger partial charge in [-0.1, -0.05) is 36.4 Å². The quantitative estimate of drug-likeness (QED) is 0.233. The average molecular weight is 570 g/mol. The van der Waals surface area contributed by atoms with Gasteiger partial charge in [-0.05, 0) is 86.5 Å². The number of anilines is 1. The van der Waals surface area contributed by atoms with E-state index in [9.17, 15) is 9.59 Å². The van der Waals surface area contributed by atoms with E-state index in [2.05, 4.69) is 64.6 Å². The molecule has 214 valence electrons. The molecule has 1 aliphatic rings. The summed E-state index contributed by atoms with van der Waals surface area (Å²) in [5.74, 6) is 0.362. The maximum Gasteiger partial charge on any atom is 0.229 e. The summed E-state index contributed by atoms with van der Waals surface area (Å²) in [5, 5.41) is 13.7. The number of thiophene rings is 1. The summed E-state index contributed by atoms with van der Waals surface area (Å²) in [6.45, 7) is 10.3. The van der Waals surface area contributed by atoms with Crippen molar-refractivity contribution in [1.82, 2.24) is 20.0 Å². The number of nitrogens with one attached hydrogen (secondary N) is 2. The van der Waals surface area contributed by atoms with Crippen LogP contribution in [0.25, 0.3) is 23.1 Å². The summed E-state index contributed by atoms with van der Waals surface area (Å²) in [4.78, 5) is 31.0. The topological polar surface area (TPSA) is 81.3 Å². The van der Waals surface area contributed by atoms with Crippen molar-refractivity contribution >= 4 is 51.9 Å². The Morgan fingerprint density at radius 2 is 2.00 bits per heavy atom. The molecule has 2 N–H and O–H groups in total. The zero-order valence-electron chi connectivity index (χ0n) is 24.2. The van der Waals surface area contributed by atoms with E-state index in [0.29, 0.717) is 12.3 Å². The normalized spacial score (nSPS) is 15.9. The van der Waals surface area contributed by atoms with Gasteiger partial charge in [0, 0.05) is 42.1 Å². The Bertz CT molecular complexity index is 1520. The predicted molar refractivity (Wildman–Crippen MR) is 169 cm³/mol. The number of benzene rings is 2. The molecule has 1 unspecified atom stereocenters. The Balaban J connectivity index is 1.26. The molecule has 3 heterocycles. The van der Waals surface area contributed by atoms with Crippen LogP contribution in [0.2, 0.25) is 0 Å². The highest BCUT2D eigenvalue weighted by atomic mass is 32.1. The number of rotatable bonds is 10. The van der Waals surface area contributed by atoms with Gasteiger partial charge in [0.1, 0.15) is 0 Å². The first kappa shape index (κ1) is 28.8. The summed E-state index contributed by atoms with van der Waals surface area (Å²) in [6, 6.07) is 16.5. The SMILES string of the molecule is CCN(CC)C(=O)C1CCCN(Cc2cccc(C=Cc3n[nH]c4cc(C)c(NC(=O)Cc5cccs5)cc34)c2)C1. The second-order valence-corrected chi connectivity index (χ2v) is 11.8. The highest BCUT2D eigenvalue weighted by molar-refractivity contribution is 7.10. The number of aryl methyl sites for hydroxylation is 1. The van der Waals surface area contributed by atoms with Gasteiger partial charge in [-0.15, -0.1) is 11.3 Å². The predicted octanol–water partition coefficient (Wildman–Crippen LogP) is 6.36. The molecule has 1 fully saturated rings. The summed E-state index contributed by atoms with van der Waals surface area (Å²) in [5.41, 5.74) is 5.89. The number of aromatic nitrogens is 2. The molecule has 2 aromatic carbocycles. The van der Waals surface area contributed by atoms with Gasteiger partial charge in [-0.2, -0.15) is 5.10 Å². The van der Waals surface area contributed by atoms with E-state index in [0.717, 1.165) is 83.9 Å². The molecule has 7 nitrogen and oxygen atoms in total. The number of nitrogens with zero attached hydrogens (tertiary/aromatic N) is 3. The van der Waals surface area contributed by atoms with Crippen LogP contribution in [0.4, 0.5) is 5.69 Å². The molecule has 0 radical (unpaired) electrons. The van der Waals surface area contributed by atoms with Crippen LogP contribution in [0, 0.1) is 12.8 Å². The van der Waals surface area contributed by atoms with Crippen LogP contribution in [0.3, 0.4) is 0 Å². The molecule has 5 rings (SSSR count). The molecule has 0 saturated carbocycles. The van der Waals surface area contributed by atoms with Crippen molar-refractivity contribution < 1.29 is 9.59 Å². The number of piperidine rings is 1. The summed E-state index contributed by atoms with van der Waals surface area (Å²) in [6.07, 6.45) is 6.50. The van der Waals surface area contributed by atoms with Crippen LogP contribution < -0.4 is 5.32 Å². The number of hydrogen-bond donors (Lipinski definition) is 2. The largest absolute Gasteiger partial charge is 0.343 e. The first-order valence-electron chi connectivity index (χ1n) is 14.5. The molecule has 0 spiro atoms. The molecule has 2 aromatic heterocycles. The van der Waals surface area contributed by atoms with E-state index >= 15 is 0 Å². The van der Waals surface area contributed by atoms with Gasteiger partial charge in [0.15, 0.2) is 0 Å². The van der Waals surface area contributed by atoms with Crippen LogP contribution in [0.5, 0.6) is 0 Å². The molecule has 1 aliphatic heterocycles. The van der Waals surface area contributed by atoms with Crippen LogP contribution >= 0.6 is 11.3 Å². The number of carbonyl (C=O) groups is 2. The molecule has 41 heavy (non-hydrogen) atoms. The molecule has 1 saturated heterocycles. The monoisotopic (exact) mass is 569 g/mol. The number of hydrogen-bond acceptors (Lipinski definition) is 5. The molecule has 0 aliphatic carbocycles. The summed E-state index contributed by atoms with van der Waals surface area (Å²) in [7, 11) is 0. The van der Waals surface area contributed by atoms with Crippen molar-refractivity contribution in [2.75, 3.05) is 31.5 Å². The molecule has 4 aromatic rings. The van der Waals surface area contributed by atoms with Crippen LogP contribution in [0.15, 0.2) is 53.9 Å². The third-order valence-corrected chi connectivity index (χ3v) is 8.72. The zero-order valence-corrected chi connectivity index (χ0v) is 25.0.